The van der Waals surface area contributed by atoms with E-state index in [-0.39, 0.29) is 17.7 Å². The van der Waals surface area contributed by atoms with E-state index in [4.69, 9.17) is 10.5 Å². The second kappa shape index (κ2) is 6.17. The molecule has 18 heavy (non-hydrogen) atoms. The van der Waals surface area contributed by atoms with E-state index in [2.05, 4.69) is 48.7 Å². The molecule has 0 bridgehead atoms. The summed E-state index contributed by atoms with van der Waals surface area (Å²) in [5.74, 6) is 0. The highest BCUT2D eigenvalue weighted by Crippen LogP contribution is 2.37. The minimum atomic E-state index is -0.338. The number of hydrogen-bond donors (Lipinski definition) is 1. The molecule has 0 fully saturated rings. The van der Waals surface area contributed by atoms with Gasteiger partial charge in [-0.05, 0) is 42.6 Å². The highest BCUT2D eigenvalue weighted by atomic mass is 79.9. The number of nitrogens with two attached hydrogens (primary N) is 1. The Hall–Kier alpha value is -0.390. The fourth-order valence-corrected chi connectivity index (χ4v) is 2.93. The maximum absolute atomic E-state index is 6.47. The zero-order valence-corrected chi connectivity index (χ0v) is 13.5. The molecular formula is C13H24BrN3O. The van der Waals surface area contributed by atoms with Crippen LogP contribution in [0.2, 0.25) is 0 Å². The SMILES string of the molecule is CCC(CC)(OC)C(N)c1c(Br)cnn1C(C)C. The Kier molecular flexibility index (Phi) is 5.37. The molecule has 2 N–H and O–H groups in total. The first-order valence-corrected chi connectivity index (χ1v) is 7.26. The van der Waals surface area contributed by atoms with E-state index in [0.29, 0.717) is 0 Å². The van der Waals surface area contributed by atoms with Gasteiger partial charge in [0.2, 0.25) is 0 Å². The lowest BCUT2D eigenvalue weighted by Crippen LogP contribution is -2.43. The first-order valence-electron chi connectivity index (χ1n) is 6.47. The van der Waals surface area contributed by atoms with Gasteiger partial charge in [-0.3, -0.25) is 4.68 Å². The third-order valence-electron chi connectivity index (χ3n) is 3.74. The Morgan fingerprint density at radius 1 is 1.44 bits per heavy atom. The van der Waals surface area contributed by atoms with Crippen LogP contribution in [-0.4, -0.2) is 22.5 Å². The lowest BCUT2D eigenvalue weighted by molar-refractivity contribution is -0.0408. The molecule has 1 heterocycles. The van der Waals surface area contributed by atoms with Gasteiger partial charge >= 0.3 is 0 Å². The molecule has 0 aliphatic rings. The average Bonchev–Trinajstić information content (AvgIpc) is 2.74. The predicted octanol–water partition coefficient (Wildman–Crippen LogP) is 3.43. The predicted molar refractivity (Wildman–Crippen MR) is 77.6 cm³/mol. The van der Waals surface area contributed by atoms with E-state index >= 15 is 0 Å². The summed E-state index contributed by atoms with van der Waals surface area (Å²) < 4.78 is 8.64. The van der Waals surface area contributed by atoms with Crippen LogP contribution in [0.1, 0.15) is 58.3 Å². The summed E-state index contributed by atoms with van der Waals surface area (Å²) in [6, 6.07) is 0.0809. The number of ether oxygens (including phenoxy) is 1. The molecule has 5 heteroatoms. The van der Waals surface area contributed by atoms with Gasteiger partial charge in [0.15, 0.2) is 0 Å². The molecule has 0 saturated carbocycles. The third-order valence-corrected chi connectivity index (χ3v) is 4.35. The smallest absolute Gasteiger partial charge is 0.0880 e. The fraction of sp³-hybridized carbons (Fsp3) is 0.769. The van der Waals surface area contributed by atoms with Crippen LogP contribution in [0, 0.1) is 0 Å². The minimum absolute atomic E-state index is 0.197. The number of halogens is 1. The molecule has 4 nitrogen and oxygen atoms in total. The van der Waals surface area contributed by atoms with Crippen LogP contribution >= 0.6 is 15.9 Å². The van der Waals surface area contributed by atoms with Crippen LogP contribution in [-0.2, 0) is 4.74 Å². The van der Waals surface area contributed by atoms with Crippen molar-refractivity contribution in [1.82, 2.24) is 9.78 Å². The van der Waals surface area contributed by atoms with Crippen molar-refractivity contribution in [2.45, 2.75) is 58.2 Å². The zero-order valence-electron chi connectivity index (χ0n) is 11.9. The van der Waals surface area contributed by atoms with Crippen molar-refractivity contribution in [1.29, 1.82) is 0 Å². The highest BCUT2D eigenvalue weighted by molar-refractivity contribution is 9.10. The first kappa shape index (κ1) is 15.7. The molecular weight excluding hydrogens is 294 g/mol. The van der Waals surface area contributed by atoms with Gasteiger partial charge in [-0.25, -0.2) is 0 Å². The Bertz CT molecular complexity index is 377. The maximum Gasteiger partial charge on any atom is 0.0880 e. The van der Waals surface area contributed by atoms with Gasteiger partial charge in [0.1, 0.15) is 0 Å². The van der Waals surface area contributed by atoms with E-state index in [1.54, 1.807) is 13.3 Å². The Labute approximate surface area is 118 Å². The summed E-state index contributed by atoms with van der Waals surface area (Å²) in [6.45, 7) is 8.41. The van der Waals surface area contributed by atoms with Crippen LogP contribution in [0.3, 0.4) is 0 Å². The van der Waals surface area contributed by atoms with E-state index in [9.17, 15) is 0 Å². The normalized spacial score (nSPS) is 14.2. The lowest BCUT2D eigenvalue weighted by atomic mass is 9.86. The second-order valence-electron chi connectivity index (χ2n) is 4.87. The summed E-state index contributed by atoms with van der Waals surface area (Å²) in [6.07, 6.45) is 3.55. The van der Waals surface area contributed by atoms with Crippen molar-refractivity contribution < 1.29 is 4.74 Å². The molecule has 1 aromatic heterocycles. The van der Waals surface area contributed by atoms with Gasteiger partial charge in [0, 0.05) is 13.2 Å². The van der Waals surface area contributed by atoms with Crippen LogP contribution in [0.15, 0.2) is 10.7 Å². The summed E-state index contributed by atoms with van der Waals surface area (Å²) in [5.41, 5.74) is 7.15. The fourth-order valence-electron chi connectivity index (χ4n) is 2.41. The van der Waals surface area contributed by atoms with Crippen molar-refractivity contribution in [2.75, 3.05) is 7.11 Å². The number of aromatic nitrogens is 2. The van der Waals surface area contributed by atoms with Crippen LogP contribution in [0.4, 0.5) is 0 Å². The average molecular weight is 318 g/mol. The van der Waals surface area contributed by atoms with E-state index < -0.39 is 0 Å². The molecule has 0 radical (unpaired) electrons. The zero-order chi connectivity index (χ0) is 13.9. The molecule has 104 valence electrons. The van der Waals surface area contributed by atoms with Gasteiger partial charge in [-0.2, -0.15) is 5.10 Å². The quantitative estimate of drug-likeness (QED) is 0.874. The van der Waals surface area contributed by atoms with Crippen LogP contribution in [0.5, 0.6) is 0 Å². The van der Waals surface area contributed by atoms with E-state index in [1.165, 1.54) is 0 Å². The van der Waals surface area contributed by atoms with Gasteiger partial charge in [-0.15, -0.1) is 0 Å². The van der Waals surface area contributed by atoms with Crippen molar-refractivity contribution in [2.24, 2.45) is 5.73 Å². The molecule has 0 saturated heterocycles. The molecule has 0 aliphatic heterocycles. The van der Waals surface area contributed by atoms with Crippen LogP contribution in [0.25, 0.3) is 0 Å². The van der Waals surface area contributed by atoms with Crippen molar-refractivity contribution in [3.63, 3.8) is 0 Å². The molecule has 1 aromatic rings. The third kappa shape index (κ3) is 2.63. The summed E-state index contributed by atoms with van der Waals surface area (Å²) >= 11 is 3.55. The maximum atomic E-state index is 6.47. The Balaban J connectivity index is 3.24. The molecule has 0 aromatic carbocycles. The van der Waals surface area contributed by atoms with Gasteiger partial charge in [0.25, 0.3) is 0 Å². The van der Waals surface area contributed by atoms with Crippen molar-refractivity contribution >= 4 is 15.9 Å². The summed E-state index contributed by atoms with van der Waals surface area (Å²) in [5, 5.41) is 4.39. The molecule has 0 amide bonds. The topological polar surface area (TPSA) is 53.1 Å². The number of nitrogens with zero attached hydrogens (tertiary/aromatic N) is 2. The molecule has 1 unspecified atom stereocenters. The van der Waals surface area contributed by atoms with Crippen molar-refractivity contribution in [3.05, 3.63) is 16.4 Å². The first-order chi connectivity index (χ1) is 8.43. The molecule has 0 spiro atoms. The highest BCUT2D eigenvalue weighted by Gasteiger charge is 2.37. The minimum Gasteiger partial charge on any atom is -0.376 e. The monoisotopic (exact) mass is 317 g/mol. The number of hydrogen-bond acceptors (Lipinski definition) is 3. The molecule has 1 rings (SSSR count). The second-order valence-corrected chi connectivity index (χ2v) is 5.72. The summed E-state index contributed by atoms with van der Waals surface area (Å²) in [7, 11) is 1.73. The Morgan fingerprint density at radius 3 is 2.39 bits per heavy atom. The molecule has 1 atom stereocenters. The largest absolute Gasteiger partial charge is 0.376 e. The van der Waals surface area contributed by atoms with Crippen LogP contribution < -0.4 is 5.73 Å². The number of rotatable bonds is 6. The Morgan fingerprint density at radius 2 is 2.00 bits per heavy atom. The van der Waals surface area contributed by atoms with E-state index in [1.807, 2.05) is 4.68 Å². The standard InChI is InChI=1S/C13H24BrN3O/c1-6-13(7-2,18-5)12(15)11-10(14)8-16-17(11)9(3)4/h8-9,12H,6-7,15H2,1-5H3. The van der Waals surface area contributed by atoms with Gasteiger partial charge < -0.3 is 10.5 Å². The molecule has 0 aliphatic carbocycles. The van der Waals surface area contributed by atoms with Gasteiger partial charge in [-0.1, -0.05) is 13.8 Å². The number of methoxy groups -OCH3 is 1. The lowest BCUT2D eigenvalue weighted by Gasteiger charge is -2.37. The van der Waals surface area contributed by atoms with Crippen molar-refractivity contribution in [3.8, 4) is 0 Å². The van der Waals surface area contributed by atoms with E-state index in [0.717, 1.165) is 23.0 Å². The summed E-state index contributed by atoms with van der Waals surface area (Å²) in [4.78, 5) is 0. The van der Waals surface area contributed by atoms with Gasteiger partial charge in [0.05, 0.1) is 28.0 Å².